The maximum absolute atomic E-state index is 13.2. The first-order chi connectivity index (χ1) is 12.9. The molecule has 1 saturated carbocycles. The van der Waals surface area contributed by atoms with Gasteiger partial charge in [-0.15, -0.1) is 0 Å². The molecule has 0 amide bonds. The topological polar surface area (TPSA) is 142 Å². The molecule has 2 aromatic rings. The predicted molar refractivity (Wildman–Crippen MR) is 101 cm³/mol. The lowest BCUT2D eigenvalue weighted by Gasteiger charge is -2.08. The third-order valence-corrected chi connectivity index (χ3v) is 5.96. The third-order valence-electron chi connectivity index (χ3n) is 3.92. The van der Waals surface area contributed by atoms with Gasteiger partial charge in [0.1, 0.15) is 23.6 Å². The standard InChI is InChI=1S/C15H19BFN7O2S/c16-11-8-9(2-5-12(11)17)22-14(18)13-15(24-26-23-13)20-6-1-7-21-27(19,25)10-3-4-10/h2,5,8,10H,1,3-4,6-7H2,(H2,18,22)(H,20,24)(H2,19,21,25). The Morgan fingerprint density at radius 3 is 2.93 bits per heavy atom. The predicted octanol–water partition coefficient (Wildman–Crippen LogP) is 0.555. The molecule has 1 aromatic carbocycles. The average Bonchev–Trinajstić information content (AvgIpc) is 3.38. The van der Waals surface area contributed by atoms with Crippen molar-refractivity contribution in [3.63, 3.8) is 0 Å². The highest BCUT2D eigenvalue weighted by Crippen LogP contribution is 2.27. The first-order valence-electron chi connectivity index (χ1n) is 8.35. The van der Waals surface area contributed by atoms with Crippen LogP contribution in [0.3, 0.4) is 0 Å². The first kappa shape index (κ1) is 19.3. The van der Waals surface area contributed by atoms with Gasteiger partial charge in [-0.1, -0.05) is 5.46 Å². The molecular weight excluding hydrogens is 372 g/mol. The quantitative estimate of drug-likeness (QED) is 0.213. The van der Waals surface area contributed by atoms with Crippen LogP contribution < -0.4 is 21.2 Å². The molecule has 1 atom stereocenters. The van der Waals surface area contributed by atoms with Gasteiger partial charge in [-0.3, -0.25) is 0 Å². The van der Waals surface area contributed by atoms with E-state index in [-0.39, 0.29) is 22.2 Å². The van der Waals surface area contributed by atoms with Crippen LogP contribution in [0.1, 0.15) is 25.0 Å². The summed E-state index contributed by atoms with van der Waals surface area (Å²) in [7, 11) is 2.82. The number of aromatic nitrogens is 2. The van der Waals surface area contributed by atoms with Crippen LogP contribution in [0.15, 0.2) is 27.8 Å². The Kier molecular flexibility index (Phi) is 5.75. The number of halogens is 1. The van der Waals surface area contributed by atoms with Crippen LogP contribution in [-0.2, 0) is 9.92 Å². The van der Waals surface area contributed by atoms with Crippen LogP contribution in [0.5, 0.6) is 0 Å². The van der Waals surface area contributed by atoms with Crippen molar-refractivity contribution in [1.29, 1.82) is 4.78 Å². The highest BCUT2D eigenvalue weighted by atomic mass is 32.2. The van der Waals surface area contributed by atoms with Crippen LogP contribution in [0.4, 0.5) is 15.9 Å². The smallest absolute Gasteiger partial charge is 0.202 e. The number of nitrogens with two attached hydrogens (primary N) is 1. The summed E-state index contributed by atoms with van der Waals surface area (Å²) < 4.78 is 40.4. The number of aliphatic imine (C=N–C) groups is 1. The number of anilines is 1. The Labute approximate surface area is 157 Å². The normalized spacial score (nSPS) is 16.9. The SMILES string of the molecule is [B]c1cc(N=C(N)c2nonc2NCCCNS(=N)(=O)C2CC2)ccc1F. The van der Waals surface area contributed by atoms with Crippen molar-refractivity contribution in [2.24, 2.45) is 10.7 Å². The largest absolute Gasteiger partial charge is 0.382 e. The van der Waals surface area contributed by atoms with Crippen LogP contribution in [-0.4, -0.2) is 46.5 Å². The first-order valence-corrected chi connectivity index (χ1v) is 9.97. The average molecular weight is 391 g/mol. The second-order valence-corrected chi connectivity index (χ2v) is 8.30. The van der Waals surface area contributed by atoms with E-state index in [2.05, 4.69) is 25.3 Å². The molecule has 12 heteroatoms. The molecule has 1 aliphatic carbocycles. The van der Waals surface area contributed by atoms with Gasteiger partial charge in [-0.25, -0.2) is 27.7 Å². The highest BCUT2D eigenvalue weighted by molar-refractivity contribution is 7.91. The molecule has 1 heterocycles. The highest BCUT2D eigenvalue weighted by Gasteiger charge is 2.32. The second kappa shape index (κ2) is 8.05. The van der Waals surface area contributed by atoms with Crippen LogP contribution in [0.2, 0.25) is 0 Å². The Morgan fingerprint density at radius 2 is 2.22 bits per heavy atom. The molecule has 1 unspecified atom stereocenters. The number of rotatable bonds is 9. The maximum Gasteiger partial charge on any atom is 0.202 e. The summed E-state index contributed by atoms with van der Waals surface area (Å²) in [4.78, 5) is 4.14. The van der Waals surface area contributed by atoms with Crippen LogP contribution >= 0.6 is 0 Å². The van der Waals surface area contributed by atoms with E-state index in [0.29, 0.717) is 31.0 Å². The summed E-state index contributed by atoms with van der Waals surface area (Å²) in [5, 5.41) is 10.4. The van der Waals surface area contributed by atoms with Gasteiger partial charge >= 0.3 is 0 Å². The summed E-state index contributed by atoms with van der Waals surface area (Å²) in [6.07, 6.45) is 2.31. The molecule has 2 radical (unpaired) electrons. The minimum Gasteiger partial charge on any atom is -0.382 e. The van der Waals surface area contributed by atoms with Crippen molar-refractivity contribution in [1.82, 2.24) is 15.0 Å². The molecular formula is C15H19BFN7O2S. The van der Waals surface area contributed by atoms with Gasteiger partial charge in [0.15, 0.2) is 11.5 Å². The summed E-state index contributed by atoms with van der Waals surface area (Å²) in [6.45, 7) is 0.913. The molecule has 0 bridgehead atoms. The van der Waals surface area contributed by atoms with E-state index in [1.807, 2.05) is 0 Å². The molecule has 3 rings (SSSR count). The van der Waals surface area contributed by atoms with Crippen LogP contribution in [0.25, 0.3) is 0 Å². The van der Waals surface area contributed by atoms with Gasteiger partial charge in [0.2, 0.25) is 5.82 Å². The van der Waals surface area contributed by atoms with Crippen molar-refractivity contribution in [2.75, 3.05) is 18.4 Å². The lowest BCUT2D eigenvalue weighted by atomic mass is 9.95. The van der Waals surface area contributed by atoms with Gasteiger partial charge < -0.3 is 11.1 Å². The summed E-state index contributed by atoms with van der Waals surface area (Å²) in [6, 6.07) is 3.98. The Bertz CT molecular complexity index is 943. The van der Waals surface area contributed by atoms with Gasteiger partial charge in [-0.2, -0.15) is 0 Å². The zero-order valence-electron chi connectivity index (χ0n) is 14.4. The maximum atomic E-state index is 13.2. The second-order valence-electron chi connectivity index (χ2n) is 6.14. The van der Waals surface area contributed by atoms with E-state index >= 15 is 0 Å². The number of nitrogens with one attached hydrogen (secondary N) is 3. The van der Waals surface area contributed by atoms with Crippen molar-refractivity contribution in [3.8, 4) is 0 Å². The molecule has 0 aliphatic heterocycles. The van der Waals surface area contributed by atoms with E-state index in [4.69, 9.17) is 23.0 Å². The number of hydrogen-bond donors (Lipinski definition) is 4. The molecule has 142 valence electrons. The fourth-order valence-electron chi connectivity index (χ4n) is 2.30. The molecule has 0 spiro atoms. The van der Waals surface area contributed by atoms with Crippen molar-refractivity contribution in [2.45, 2.75) is 24.5 Å². The molecule has 1 fully saturated rings. The molecule has 0 saturated heterocycles. The zero-order chi connectivity index (χ0) is 19.4. The van der Waals surface area contributed by atoms with Crippen molar-refractivity contribution >= 4 is 40.6 Å². The van der Waals surface area contributed by atoms with Crippen molar-refractivity contribution in [3.05, 3.63) is 29.7 Å². The Morgan fingerprint density at radius 1 is 1.44 bits per heavy atom. The molecule has 9 nitrogen and oxygen atoms in total. The van der Waals surface area contributed by atoms with Gasteiger partial charge in [-0.05, 0) is 47.8 Å². The minimum atomic E-state index is -2.68. The lowest BCUT2D eigenvalue weighted by molar-refractivity contribution is 0.307. The fourth-order valence-corrected chi connectivity index (χ4v) is 3.79. The van der Waals surface area contributed by atoms with Crippen LogP contribution in [0, 0.1) is 10.6 Å². The molecule has 1 aromatic heterocycles. The van der Waals surface area contributed by atoms with Crippen molar-refractivity contribution < 1.29 is 13.2 Å². The minimum absolute atomic E-state index is 0.0201. The molecule has 27 heavy (non-hydrogen) atoms. The molecule has 5 N–H and O–H groups in total. The summed E-state index contributed by atoms with van der Waals surface area (Å²) in [5.41, 5.74) is 6.48. The van der Waals surface area contributed by atoms with E-state index in [1.54, 1.807) is 0 Å². The van der Waals surface area contributed by atoms with E-state index in [9.17, 15) is 8.60 Å². The van der Waals surface area contributed by atoms with E-state index in [0.717, 1.165) is 12.8 Å². The summed E-state index contributed by atoms with van der Waals surface area (Å²) in [5.74, 6) is -0.198. The number of amidine groups is 1. The lowest BCUT2D eigenvalue weighted by Crippen LogP contribution is -2.28. The fraction of sp³-hybridized carbons (Fsp3) is 0.400. The molecule has 1 aliphatic rings. The van der Waals surface area contributed by atoms with Gasteiger partial charge in [0.25, 0.3) is 0 Å². The zero-order valence-corrected chi connectivity index (χ0v) is 15.3. The number of benzene rings is 1. The number of hydrogen-bond acceptors (Lipinski definition) is 7. The summed E-state index contributed by atoms with van der Waals surface area (Å²) >= 11 is 0. The van der Waals surface area contributed by atoms with E-state index < -0.39 is 15.7 Å². The third kappa shape index (κ3) is 5.04. The van der Waals surface area contributed by atoms with Gasteiger partial charge in [0.05, 0.1) is 10.9 Å². The van der Waals surface area contributed by atoms with Gasteiger partial charge in [0, 0.05) is 13.1 Å². The van der Waals surface area contributed by atoms with E-state index in [1.165, 1.54) is 18.2 Å². The Balaban J connectivity index is 1.55. The monoisotopic (exact) mass is 391 g/mol. The number of nitrogens with zero attached hydrogens (tertiary/aromatic N) is 3. The Hall–Kier alpha value is -2.47.